The van der Waals surface area contributed by atoms with Crippen LogP contribution < -0.4 is 14.4 Å². The van der Waals surface area contributed by atoms with Crippen LogP contribution in [0.1, 0.15) is 18.1 Å². The van der Waals surface area contributed by atoms with Gasteiger partial charge in [0.25, 0.3) is 5.91 Å². The molecule has 0 aromatic heterocycles. The Morgan fingerprint density at radius 3 is 2.86 bits per heavy atom. The number of anilines is 1. The van der Waals surface area contributed by atoms with Gasteiger partial charge in [-0.15, -0.1) is 0 Å². The molecular formula is C22H18N2O5. The number of nitriles is 1. The van der Waals surface area contributed by atoms with E-state index in [9.17, 15) is 14.9 Å². The van der Waals surface area contributed by atoms with Crippen molar-refractivity contribution in [2.45, 2.75) is 19.4 Å². The zero-order valence-electron chi connectivity index (χ0n) is 15.8. The largest absolute Gasteiger partial charge is 0.454 e. The van der Waals surface area contributed by atoms with E-state index >= 15 is 0 Å². The molecule has 0 unspecified atom stereocenters. The van der Waals surface area contributed by atoms with Crippen LogP contribution in [0, 0.1) is 11.3 Å². The maximum atomic E-state index is 12.6. The number of nitrogens with zero attached hydrogens (tertiary/aromatic N) is 2. The highest BCUT2D eigenvalue weighted by Crippen LogP contribution is 2.33. The van der Waals surface area contributed by atoms with Crippen LogP contribution in [0.5, 0.6) is 11.5 Å². The SMILES string of the molecule is C[C@@H]1Cc2ccccc2N1C(=O)COC(=O)/C(C#N)=C/c1ccc2c(c1)OCO2. The summed E-state index contributed by atoms with van der Waals surface area (Å²) < 4.78 is 15.6. The summed E-state index contributed by atoms with van der Waals surface area (Å²) in [7, 11) is 0. The summed E-state index contributed by atoms with van der Waals surface area (Å²) in [6.07, 6.45) is 2.14. The molecule has 0 bridgehead atoms. The normalized spacial score (nSPS) is 16.9. The van der Waals surface area contributed by atoms with Crippen LogP contribution in [0.4, 0.5) is 5.69 Å². The highest BCUT2D eigenvalue weighted by molar-refractivity contribution is 6.01. The number of amides is 1. The van der Waals surface area contributed by atoms with Gasteiger partial charge in [0.15, 0.2) is 18.1 Å². The average Bonchev–Trinajstić information content (AvgIpc) is 3.32. The van der Waals surface area contributed by atoms with Gasteiger partial charge < -0.3 is 19.1 Å². The minimum absolute atomic E-state index is 0.0155. The van der Waals surface area contributed by atoms with Crippen LogP contribution in [0.15, 0.2) is 48.0 Å². The third kappa shape index (κ3) is 3.65. The molecular weight excluding hydrogens is 372 g/mol. The van der Waals surface area contributed by atoms with Crippen molar-refractivity contribution in [2.24, 2.45) is 0 Å². The van der Waals surface area contributed by atoms with Gasteiger partial charge in [0.05, 0.1) is 0 Å². The predicted octanol–water partition coefficient (Wildman–Crippen LogP) is 2.84. The number of hydrogen-bond donors (Lipinski definition) is 0. The lowest BCUT2D eigenvalue weighted by Gasteiger charge is -2.22. The number of rotatable bonds is 4. The van der Waals surface area contributed by atoms with Crippen LogP contribution in [-0.2, 0) is 20.7 Å². The van der Waals surface area contributed by atoms with Gasteiger partial charge in [-0.2, -0.15) is 5.26 Å². The monoisotopic (exact) mass is 390 g/mol. The predicted molar refractivity (Wildman–Crippen MR) is 104 cm³/mol. The molecule has 0 spiro atoms. The maximum absolute atomic E-state index is 12.6. The number of ether oxygens (including phenoxy) is 3. The zero-order valence-corrected chi connectivity index (χ0v) is 15.8. The summed E-state index contributed by atoms with van der Waals surface area (Å²) >= 11 is 0. The van der Waals surface area contributed by atoms with Gasteiger partial charge in [-0.3, -0.25) is 4.79 Å². The Hall–Kier alpha value is -3.79. The number of fused-ring (bicyclic) bond motifs is 2. The molecule has 0 saturated carbocycles. The molecule has 0 N–H and O–H groups in total. The fraction of sp³-hybridized carbons (Fsp3) is 0.227. The minimum Gasteiger partial charge on any atom is -0.454 e. The van der Waals surface area contributed by atoms with Gasteiger partial charge in [-0.05, 0) is 48.7 Å². The Kier molecular flexibility index (Phi) is 4.92. The van der Waals surface area contributed by atoms with Crippen molar-refractivity contribution in [1.29, 1.82) is 5.26 Å². The average molecular weight is 390 g/mol. The first-order valence-corrected chi connectivity index (χ1v) is 9.15. The highest BCUT2D eigenvalue weighted by atomic mass is 16.7. The summed E-state index contributed by atoms with van der Waals surface area (Å²) in [5.41, 5.74) is 2.31. The van der Waals surface area contributed by atoms with Crippen molar-refractivity contribution in [1.82, 2.24) is 0 Å². The Morgan fingerprint density at radius 2 is 2.03 bits per heavy atom. The van der Waals surface area contributed by atoms with Crippen molar-refractivity contribution < 1.29 is 23.8 Å². The van der Waals surface area contributed by atoms with E-state index in [0.29, 0.717) is 17.1 Å². The number of benzene rings is 2. The molecule has 0 aliphatic carbocycles. The summed E-state index contributed by atoms with van der Waals surface area (Å²) in [6.45, 7) is 1.65. The Balaban J connectivity index is 1.43. The highest BCUT2D eigenvalue weighted by Gasteiger charge is 2.31. The minimum atomic E-state index is -0.848. The lowest BCUT2D eigenvalue weighted by Crippen LogP contribution is -2.38. The van der Waals surface area contributed by atoms with E-state index in [0.717, 1.165) is 17.7 Å². The molecule has 146 valence electrons. The lowest BCUT2D eigenvalue weighted by atomic mass is 10.1. The molecule has 0 radical (unpaired) electrons. The summed E-state index contributed by atoms with van der Waals surface area (Å²) in [5, 5.41) is 9.33. The number of hydrogen-bond acceptors (Lipinski definition) is 6. The van der Waals surface area contributed by atoms with Gasteiger partial charge in [0, 0.05) is 11.7 Å². The van der Waals surface area contributed by atoms with Gasteiger partial charge in [0.1, 0.15) is 11.6 Å². The Morgan fingerprint density at radius 1 is 1.24 bits per heavy atom. The Bertz CT molecular complexity index is 1050. The van der Waals surface area contributed by atoms with E-state index in [4.69, 9.17) is 14.2 Å². The summed E-state index contributed by atoms with van der Waals surface area (Å²) in [6, 6.07) is 14.5. The molecule has 1 atom stereocenters. The van der Waals surface area contributed by atoms with Gasteiger partial charge >= 0.3 is 5.97 Å². The second kappa shape index (κ2) is 7.68. The second-order valence-electron chi connectivity index (χ2n) is 6.80. The van der Waals surface area contributed by atoms with E-state index in [2.05, 4.69) is 0 Å². The lowest BCUT2D eigenvalue weighted by molar-refractivity contribution is -0.143. The van der Waals surface area contributed by atoms with Gasteiger partial charge in [-0.25, -0.2) is 4.79 Å². The third-order valence-electron chi connectivity index (χ3n) is 4.85. The molecule has 7 heteroatoms. The number of carbonyl (C=O) groups is 2. The Labute approximate surface area is 167 Å². The fourth-order valence-corrected chi connectivity index (χ4v) is 3.53. The first kappa shape index (κ1) is 18.6. The molecule has 2 aromatic rings. The van der Waals surface area contributed by atoms with Crippen LogP contribution in [0.25, 0.3) is 6.08 Å². The van der Waals surface area contributed by atoms with E-state index in [-0.39, 0.29) is 24.3 Å². The molecule has 0 saturated heterocycles. The molecule has 2 aliphatic heterocycles. The molecule has 1 amide bonds. The molecule has 4 rings (SSSR count). The molecule has 29 heavy (non-hydrogen) atoms. The van der Waals surface area contributed by atoms with Crippen LogP contribution in [-0.4, -0.2) is 31.3 Å². The van der Waals surface area contributed by atoms with E-state index < -0.39 is 12.6 Å². The molecule has 2 heterocycles. The molecule has 2 aliphatic rings. The quantitative estimate of drug-likeness (QED) is 0.453. The van der Waals surface area contributed by atoms with E-state index in [1.807, 2.05) is 37.3 Å². The third-order valence-corrected chi connectivity index (χ3v) is 4.85. The smallest absolute Gasteiger partial charge is 0.349 e. The summed E-state index contributed by atoms with van der Waals surface area (Å²) in [4.78, 5) is 26.6. The standard InChI is InChI=1S/C22H18N2O5/c1-14-8-16-4-2-3-5-18(16)24(14)21(25)12-27-22(26)17(11-23)9-15-6-7-19-20(10-15)29-13-28-19/h2-7,9-10,14H,8,12-13H2,1H3/b17-9+/t14-/m1/s1. The number of para-hydroxylation sites is 1. The zero-order chi connectivity index (χ0) is 20.4. The van der Waals surface area contributed by atoms with Crippen molar-refractivity contribution >= 4 is 23.6 Å². The van der Waals surface area contributed by atoms with Gasteiger partial charge in [-0.1, -0.05) is 24.3 Å². The van der Waals surface area contributed by atoms with Crippen LogP contribution in [0.2, 0.25) is 0 Å². The van der Waals surface area contributed by atoms with E-state index in [1.165, 1.54) is 6.08 Å². The van der Waals surface area contributed by atoms with Crippen molar-refractivity contribution in [3.63, 3.8) is 0 Å². The first-order chi connectivity index (χ1) is 14.1. The topological polar surface area (TPSA) is 88.9 Å². The van der Waals surface area contributed by atoms with E-state index in [1.54, 1.807) is 23.1 Å². The first-order valence-electron chi connectivity index (χ1n) is 9.15. The number of esters is 1. The van der Waals surface area contributed by atoms with Crippen molar-refractivity contribution in [2.75, 3.05) is 18.3 Å². The second-order valence-corrected chi connectivity index (χ2v) is 6.80. The fourth-order valence-electron chi connectivity index (χ4n) is 3.53. The summed E-state index contributed by atoms with van der Waals surface area (Å²) in [5.74, 6) is -0.0232. The number of carbonyl (C=O) groups excluding carboxylic acids is 2. The molecule has 0 fully saturated rings. The van der Waals surface area contributed by atoms with Gasteiger partial charge in [0.2, 0.25) is 6.79 Å². The van der Waals surface area contributed by atoms with Crippen molar-refractivity contribution in [3.05, 3.63) is 59.2 Å². The molecule has 2 aromatic carbocycles. The van der Waals surface area contributed by atoms with Crippen LogP contribution in [0.3, 0.4) is 0 Å². The maximum Gasteiger partial charge on any atom is 0.349 e. The van der Waals surface area contributed by atoms with Crippen molar-refractivity contribution in [3.8, 4) is 17.6 Å². The van der Waals surface area contributed by atoms with Crippen LogP contribution >= 0.6 is 0 Å². The molecule has 7 nitrogen and oxygen atoms in total.